The van der Waals surface area contributed by atoms with E-state index in [4.69, 9.17) is 17.1 Å². The number of aliphatic hydroxyl groups is 1. The van der Waals surface area contributed by atoms with E-state index in [9.17, 15) is 5.11 Å². The summed E-state index contributed by atoms with van der Waals surface area (Å²) in [4.78, 5) is 1.84. The molecule has 3 atom stereocenters. The number of aliphatic hydroxyl groups excluding tert-OH is 1. The Balaban J connectivity index is 0. The smallest absolute Gasteiger partial charge is 0.439 e. The normalized spacial score (nSPS) is 17.3. The van der Waals surface area contributed by atoms with Crippen molar-refractivity contribution in [2.24, 2.45) is 0 Å². The summed E-state index contributed by atoms with van der Waals surface area (Å²) in [6, 6.07) is 0.745. The Bertz CT molecular complexity index is 398. The second-order valence-corrected chi connectivity index (χ2v) is 24.0. The molecule has 0 aliphatic carbocycles. The SMILES string of the molecule is [CH2-]CCN(C)C(O)COCC[Si](C)(O[SiH](C)O[Si](C)(C)C)O[Si](C)(C)C.[Na+]. The molecular formula is C16H42NNaO5Si4. The second-order valence-electron chi connectivity index (χ2n) is 8.90. The van der Waals surface area contributed by atoms with Crippen molar-refractivity contribution in [2.45, 2.75) is 71.1 Å². The first-order valence-corrected chi connectivity index (χ1v) is 20.9. The van der Waals surface area contributed by atoms with Crippen LogP contribution in [-0.4, -0.2) is 77.5 Å². The zero-order valence-corrected chi connectivity index (χ0v) is 25.6. The summed E-state index contributed by atoms with van der Waals surface area (Å²) < 4.78 is 24.8. The van der Waals surface area contributed by atoms with Crippen molar-refractivity contribution in [1.29, 1.82) is 0 Å². The van der Waals surface area contributed by atoms with Gasteiger partial charge in [0, 0.05) is 12.7 Å². The van der Waals surface area contributed by atoms with Crippen LogP contribution >= 0.6 is 0 Å². The van der Waals surface area contributed by atoms with E-state index >= 15 is 0 Å². The minimum absolute atomic E-state index is 0. The largest absolute Gasteiger partial charge is 1.00 e. The minimum atomic E-state index is -2.37. The van der Waals surface area contributed by atoms with E-state index in [1.807, 2.05) is 11.9 Å². The van der Waals surface area contributed by atoms with Gasteiger partial charge in [-0.15, -0.1) is 0 Å². The van der Waals surface area contributed by atoms with E-state index in [0.717, 1.165) is 19.0 Å². The number of ether oxygens (including phenoxy) is 1. The van der Waals surface area contributed by atoms with Gasteiger partial charge in [-0.3, -0.25) is 4.90 Å². The average molecular weight is 464 g/mol. The van der Waals surface area contributed by atoms with E-state index in [1.54, 1.807) is 0 Å². The van der Waals surface area contributed by atoms with E-state index < -0.39 is 40.7 Å². The van der Waals surface area contributed by atoms with Gasteiger partial charge in [0.15, 0.2) is 16.6 Å². The molecule has 158 valence electrons. The van der Waals surface area contributed by atoms with E-state index in [1.165, 1.54) is 0 Å². The molecule has 0 aromatic rings. The maximum absolute atomic E-state index is 10.1. The number of nitrogens with zero attached hydrogens (tertiary/aromatic N) is 1. The molecule has 0 fully saturated rings. The Labute approximate surface area is 194 Å². The van der Waals surface area contributed by atoms with Crippen LogP contribution in [-0.2, 0) is 17.1 Å². The summed E-state index contributed by atoms with van der Waals surface area (Å²) in [5.41, 5.74) is 0. The molecule has 3 unspecified atom stereocenters. The van der Waals surface area contributed by atoms with Crippen LogP contribution in [0.4, 0.5) is 0 Å². The van der Waals surface area contributed by atoms with Crippen molar-refractivity contribution < 1.29 is 51.7 Å². The molecule has 0 saturated carbocycles. The third-order valence-electron chi connectivity index (χ3n) is 3.44. The number of likely N-dealkylation sites (N-methyl/N-ethyl adjacent to an activating group) is 1. The van der Waals surface area contributed by atoms with Gasteiger partial charge in [-0.05, 0) is 66.0 Å². The van der Waals surface area contributed by atoms with E-state index in [-0.39, 0.29) is 36.2 Å². The van der Waals surface area contributed by atoms with Gasteiger partial charge in [0.25, 0.3) is 9.28 Å². The Morgan fingerprint density at radius 3 is 2.04 bits per heavy atom. The van der Waals surface area contributed by atoms with Crippen molar-refractivity contribution in [3.05, 3.63) is 6.92 Å². The zero-order chi connectivity index (χ0) is 20.6. The standard InChI is InChI=1S/C16H42NO5Si4.Na/c1-11-12-17(2)16(18)15-19-13-14-26(10,22-25(7,8)9)21-23(3)20-24(4,5)6;/h16,18,23H,1,11-15H2,2-10H3;/q-1;+1. The van der Waals surface area contributed by atoms with Gasteiger partial charge < -0.3 is 29.1 Å². The van der Waals surface area contributed by atoms with Gasteiger partial charge in [-0.25, -0.2) is 0 Å². The fourth-order valence-electron chi connectivity index (χ4n) is 2.63. The van der Waals surface area contributed by atoms with Crippen LogP contribution in [0.3, 0.4) is 0 Å². The summed E-state index contributed by atoms with van der Waals surface area (Å²) in [5.74, 6) is 0. The van der Waals surface area contributed by atoms with Gasteiger partial charge in [-0.2, -0.15) is 6.42 Å². The molecule has 0 rings (SSSR count). The molecule has 0 heterocycles. The quantitative estimate of drug-likeness (QED) is 0.171. The molecule has 11 heteroatoms. The summed E-state index contributed by atoms with van der Waals surface area (Å²) in [7, 11) is -5.58. The molecular weight excluding hydrogens is 422 g/mol. The van der Waals surface area contributed by atoms with Crippen LogP contribution in [0.1, 0.15) is 6.42 Å². The number of hydrogen-bond donors (Lipinski definition) is 1. The third kappa shape index (κ3) is 17.0. The first kappa shape index (κ1) is 30.8. The molecule has 0 radical (unpaired) electrons. The molecule has 0 spiro atoms. The Hall–Kier alpha value is 1.63. The summed E-state index contributed by atoms with van der Waals surface area (Å²) in [5, 5.41) is 10.1. The van der Waals surface area contributed by atoms with Crippen LogP contribution in [0.15, 0.2) is 0 Å². The minimum Gasteiger partial charge on any atom is -0.439 e. The monoisotopic (exact) mass is 463 g/mol. The van der Waals surface area contributed by atoms with Crippen molar-refractivity contribution in [3.8, 4) is 0 Å². The van der Waals surface area contributed by atoms with Gasteiger partial charge in [-0.1, -0.05) is 0 Å². The van der Waals surface area contributed by atoms with Gasteiger partial charge in [0.2, 0.25) is 0 Å². The van der Waals surface area contributed by atoms with Crippen LogP contribution in [0.2, 0.25) is 58.4 Å². The van der Waals surface area contributed by atoms with Crippen molar-refractivity contribution in [1.82, 2.24) is 4.90 Å². The molecule has 0 aliphatic rings. The summed E-state index contributed by atoms with van der Waals surface area (Å²) >= 11 is 0. The predicted molar refractivity (Wildman–Crippen MR) is 119 cm³/mol. The Kier molecular flexibility index (Phi) is 15.8. The van der Waals surface area contributed by atoms with Crippen molar-refractivity contribution in [2.75, 3.05) is 26.8 Å². The first-order chi connectivity index (χ1) is 11.7. The van der Waals surface area contributed by atoms with Crippen molar-refractivity contribution >= 4 is 34.5 Å². The fraction of sp³-hybridized carbons (Fsp3) is 0.938. The summed E-state index contributed by atoms with van der Waals surface area (Å²) in [6.07, 6.45) is 0.155. The van der Waals surface area contributed by atoms with Crippen LogP contribution in [0.5, 0.6) is 0 Å². The van der Waals surface area contributed by atoms with Crippen molar-refractivity contribution in [3.63, 3.8) is 0 Å². The molecule has 0 aromatic carbocycles. The van der Waals surface area contributed by atoms with Crippen LogP contribution < -0.4 is 29.6 Å². The van der Waals surface area contributed by atoms with E-state index in [2.05, 4.69) is 59.3 Å². The van der Waals surface area contributed by atoms with Crippen LogP contribution in [0, 0.1) is 6.92 Å². The maximum atomic E-state index is 10.1. The Morgan fingerprint density at radius 1 is 1.04 bits per heavy atom. The zero-order valence-electron chi connectivity index (χ0n) is 19.4. The van der Waals surface area contributed by atoms with Crippen LogP contribution in [0.25, 0.3) is 0 Å². The molecule has 6 nitrogen and oxygen atoms in total. The van der Waals surface area contributed by atoms with Gasteiger partial charge in [0.05, 0.1) is 6.61 Å². The number of hydrogen-bond acceptors (Lipinski definition) is 6. The molecule has 1 N–H and O–H groups in total. The fourth-order valence-corrected chi connectivity index (χ4v) is 17.2. The maximum Gasteiger partial charge on any atom is 1.00 e. The second kappa shape index (κ2) is 13.8. The predicted octanol–water partition coefficient (Wildman–Crippen LogP) is 0.123. The average Bonchev–Trinajstić information content (AvgIpc) is 2.38. The topological polar surface area (TPSA) is 60.4 Å². The van der Waals surface area contributed by atoms with E-state index in [0.29, 0.717) is 6.61 Å². The first-order valence-electron chi connectivity index (χ1n) is 9.48. The Morgan fingerprint density at radius 2 is 1.59 bits per heavy atom. The molecule has 27 heavy (non-hydrogen) atoms. The molecule has 0 bridgehead atoms. The molecule has 0 aromatic heterocycles. The molecule has 0 saturated heterocycles. The number of rotatable bonds is 14. The van der Waals surface area contributed by atoms with Gasteiger partial charge in [0.1, 0.15) is 6.23 Å². The summed E-state index contributed by atoms with van der Waals surface area (Å²) in [6.45, 7) is 22.7. The van der Waals surface area contributed by atoms with Gasteiger partial charge >= 0.3 is 38.1 Å². The molecule has 0 amide bonds. The molecule has 0 aliphatic heterocycles. The third-order valence-corrected chi connectivity index (χ3v) is 16.2.